The number of carbonyl (C=O) groups is 1. The molecule has 0 aromatic carbocycles. The summed E-state index contributed by atoms with van der Waals surface area (Å²) in [5.41, 5.74) is 0.610. The SMILES string of the molecule is CCc1ncc(C(C(=O)O)C2CCCC2)c(OC)n1. The second-order valence-electron chi connectivity index (χ2n) is 4.96. The number of rotatable bonds is 5. The molecule has 0 aliphatic heterocycles. The Morgan fingerprint density at radius 3 is 2.74 bits per heavy atom. The quantitative estimate of drug-likeness (QED) is 0.884. The summed E-state index contributed by atoms with van der Waals surface area (Å²) in [5.74, 6) is -0.105. The van der Waals surface area contributed by atoms with Gasteiger partial charge in [-0.2, -0.15) is 4.98 Å². The highest BCUT2D eigenvalue weighted by Gasteiger charge is 2.34. The first-order chi connectivity index (χ1) is 9.17. The molecule has 1 saturated carbocycles. The maximum atomic E-state index is 11.6. The van der Waals surface area contributed by atoms with Crippen LogP contribution in [0.3, 0.4) is 0 Å². The Morgan fingerprint density at radius 1 is 1.53 bits per heavy atom. The van der Waals surface area contributed by atoms with Crippen LogP contribution in [0.15, 0.2) is 6.20 Å². The van der Waals surface area contributed by atoms with Crippen LogP contribution < -0.4 is 4.74 Å². The number of methoxy groups -OCH3 is 1. The van der Waals surface area contributed by atoms with Gasteiger partial charge >= 0.3 is 5.97 Å². The van der Waals surface area contributed by atoms with Crippen LogP contribution in [0.2, 0.25) is 0 Å². The van der Waals surface area contributed by atoms with Gasteiger partial charge in [0.1, 0.15) is 5.82 Å². The lowest BCUT2D eigenvalue weighted by molar-refractivity contribution is -0.140. The van der Waals surface area contributed by atoms with E-state index >= 15 is 0 Å². The standard InChI is InChI=1S/C14H20N2O3/c1-3-11-15-8-10(13(16-11)19-2)12(14(17)18)9-6-4-5-7-9/h8-9,12H,3-7H2,1-2H3,(H,17,18). The second kappa shape index (κ2) is 5.99. The van der Waals surface area contributed by atoms with Gasteiger partial charge in [0.25, 0.3) is 0 Å². The van der Waals surface area contributed by atoms with Crippen LogP contribution in [0.25, 0.3) is 0 Å². The number of hydrogen-bond donors (Lipinski definition) is 1. The number of nitrogens with zero attached hydrogens (tertiary/aromatic N) is 2. The molecule has 2 rings (SSSR count). The fourth-order valence-electron chi connectivity index (χ4n) is 2.84. The van der Waals surface area contributed by atoms with Crippen molar-refractivity contribution < 1.29 is 14.6 Å². The summed E-state index contributed by atoms with van der Waals surface area (Å²) in [5, 5.41) is 9.52. The smallest absolute Gasteiger partial charge is 0.311 e. The van der Waals surface area contributed by atoms with Crippen molar-refractivity contribution >= 4 is 5.97 Å². The summed E-state index contributed by atoms with van der Waals surface area (Å²) in [4.78, 5) is 20.1. The molecule has 1 aliphatic rings. The van der Waals surface area contributed by atoms with Crippen LogP contribution in [-0.2, 0) is 11.2 Å². The molecular formula is C14H20N2O3. The summed E-state index contributed by atoms with van der Waals surface area (Å²) < 4.78 is 5.26. The molecule has 1 aromatic heterocycles. The summed E-state index contributed by atoms with van der Waals surface area (Å²) in [6.45, 7) is 1.96. The molecule has 0 saturated heterocycles. The molecule has 0 bridgehead atoms. The first-order valence-corrected chi connectivity index (χ1v) is 6.80. The molecule has 0 radical (unpaired) electrons. The lowest BCUT2D eigenvalue weighted by atomic mass is 9.86. The predicted molar refractivity (Wildman–Crippen MR) is 70.3 cm³/mol. The zero-order valence-corrected chi connectivity index (χ0v) is 11.4. The van der Waals surface area contributed by atoms with Crippen LogP contribution in [-0.4, -0.2) is 28.2 Å². The predicted octanol–water partition coefficient (Wildman–Crippen LogP) is 2.41. The highest BCUT2D eigenvalue weighted by atomic mass is 16.5. The van der Waals surface area contributed by atoms with Crippen LogP contribution in [0.4, 0.5) is 0 Å². The number of ether oxygens (including phenoxy) is 1. The van der Waals surface area contributed by atoms with E-state index < -0.39 is 11.9 Å². The highest BCUT2D eigenvalue weighted by molar-refractivity contribution is 5.77. The molecule has 1 N–H and O–H groups in total. The van der Waals surface area contributed by atoms with Crippen LogP contribution in [0.1, 0.15) is 49.9 Å². The van der Waals surface area contributed by atoms with E-state index in [9.17, 15) is 9.90 Å². The Hall–Kier alpha value is -1.65. The van der Waals surface area contributed by atoms with Crippen molar-refractivity contribution in [2.24, 2.45) is 5.92 Å². The van der Waals surface area contributed by atoms with Gasteiger partial charge in [-0.3, -0.25) is 4.79 Å². The van der Waals surface area contributed by atoms with E-state index in [1.165, 1.54) is 7.11 Å². The average Bonchev–Trinajstić information content (AvgIpc) is 2.92. The zero-order chi connectivity index (χ0) is 13.8. The number of aryl methyl sites for hydroxylation is 1. The summed E-state index contributed by atoms with van der Waals surface area (Å²) in [6, 6.07) is 0. The van der Waals surface area contributed by atoms with Gasteiger partial charge in [-0.25, -0.2) is 4.98 Å². The molecule has 0 amide bonds. The zero-order valence-electron chi connectivity index (χ0n) is 11.4. The van der Waals surface area contributed by atoms with Gasteiger partial charge in [0.15, 0.2) is 0 Å². The van der Waals surface area contributed by atoms with E-state index in [-0.39, 0.29) is 5.92 Å². The molecule has 1 unspecified atom stereocenters. The van der Waals surface area contributed by atoms with Gasteiger partial charge < -0.3 is 9.84 Å². The molecule has 19 heavy (non-hydrogen) atoms. The third kappa shape index (κ3) is 2.85. The van der Waals surface area contributed by atoms with Gasteiger partial charge in [-0.15, -0.1) is 0 Å². The Bertz CT molecular complexity index is 456. The second-order valence-corrected chi connectivity index (χ2v) is 4.96. The van der Waals surface area contributed by atoms with Crippen LogP contribution in [0, 0.1) is 5.92 Å². The first-order valence-electron chi connectivity index (χ1n) is 6.80. The van der Waals surface area contributed by atoms with E-state index in [4.69, 9.17) is 4.74 Å². The fraction of sp³-hybridized carbons (Fsp3) is 0.643. The Morgan fingerprint density at radius 2 is 2.21 bits per heavy atom. The minimum absolute atomic E-state index is 0.169. The minimum atomic E-state index is -0.807. The van der Waals surface area contributed by atoms with Gasteiger partial charge in [-0.05, 0) is 18.8 Å². The molecule has 1 aromatic rings. The van der Waals surface area contributed by atoms with Crippen molar-refractivity contribution in [2.75, 3.05) is 7.11 Å². The molecule has 5 heteroatoms. The van der Waals surface area contributed by atoms with E-state index in [0.717, 1.165) is 25.7 Å². The number of hydrogen-bond acceptors (Lipinski definition) is 4. The van der Waals surface area contributed by atoms with Gasteiger partial charge in [0.2, 0.25) is 5.88 Å². The largest absolute Gasteiger partial charge is 0.481 e. The van der Waals surface area contributed by atoms with Gasteiger partial charge in [0.05, 0.1) is 13.0 Å². The summed E-state index contributed by atoms with van der Waals surface area (Å²) in [6.07, 6.45) is 6.44. The van der Waals surface area contributed by atoms with Crippen LogP contribution >= 0.6 is 0 Å². The van der Waals surface area contributed by atoms with Crippen LogP contribution in [0.5, 0.6) is 5.88 Å². The normalized spacial score (nSPS) is 17.4. The molecular weight excluding hydrogens is 244 g/mol. The van der Waals surface area contributed by atoms with Crippen molar-refractivity contribution in [1.82, 2.24) is 9.97 Å². The lowest BCUT2D eigenvalue weighted by Gasteiger charge is -2.20. The fourth-order valence-corrected chi connectivity index (χ4v) is 2.84. The van der Waals surface area contributed by atoms with Crippen molar-refractivity contribution in [1.29, 1.82) is 0 Å². The van der Waals surface area contributed by atoms with Crippen molar-refractivity contribution in [2.45, 2.75) is 44.9 Å². The molecule has 104 valence electrons. The number of carboxylic acid groups (broad SMARTS) is 1. The van der Waals surface area contributed by atoms with Crippen molar-refractivity contribution in [3.05, 3.63) is 17.6 Å². The topological polar surface area (TPSA) is 72.3 Å². The molecule has 5 nitrogen and oxygen atoms in total. The average molecular weight is 264 g/mol. The van der Waals surface area contributed by atoms with Crippen molar-refractivity contribution in [3.63, 3.8) is 0 Å². The third-order valence-corrected chi connectivity index (χ3v) is 3.81. The van der Waals surface area contributed by atoms with E-state index in [2.05, 4.69) is 9.97 Å². The molecule has 1 atom stereocenters. The van der Waals surface area contributed by atoms with Gasteiger partial charge in [0, 0.05) is 18.2 Å². The summed E-state index contributed by atoms with van der Waals surface area (Å²) in [7, 11) is 1.53. The summed E-state index contributed by atoms with van der Waals surface area (Å²) >= 11 is 0. The Labute approximate surface area is 113 Å². The first kappa shape index (κ1) is 13.8. The molecule has 1 heterocycles. The number of aromatic nitrogens is 2. The number of carboxylic acids is 1. The van der Waals surface area contributed by atoms with Gasteiger partial charge in [-0.1, -0.05) is 19.8 Å². The highest BCUT2D eigenvalue weighted by Crippen LogP contribution is 2.39. The van der Waals surface area contributed by atoms with E-state index in [1.807, 2.05) is 6.92 Å². The molecule has 1 fully saturated rings. The maximum Gasteiger partial charge on any atom is 0.311 e. The Kier molecular flexibility index (Phi) is 4.35. The molecule has 0 spiro atoms. The van der Waals surface area contributed by atoms with Crippen molar-refractivity contribution in [3.8, 4) is 5.88 Å². The van der Waals surface area contributed by atoms with E-state index in [0.29, 0.717) is 23.7 Å². The number of aliphatic carboxylic acids is 1. The van der Waals surface area contributed by atoms with E-state index in [1.54, 1.807) is 6.20 Å². The minimum Gasteiger partial charge on any atom is -0.481 e. The maximum absolute atomic E-state index is 11.6. The molecule has 1 aliphatic carbocycles. The monoisotopic (exact) mass is 264 g/mol. The lowest BCUT2D eigenvalue weighted by Crippen LogP contribution is -2.21. The third-order valence-electron chi connectivity index (χ3n) is 3.81. The Balaban J connectivity index is 2.38.